The zero-order valence-corrected chi connectivity index (χ0v) is 12.0. The van der Waals surface area contributed by atoms with Gasteiger partial charge in [0.1, 0.15) is 0 Å². The van der Waals surface area contributed by atoms with Crippen LogP contribution in [0, 0.1) is 0 Å². The minimum atomic E-state index is -0.383. The topological polar surface area (TPSA) is 21.6 Å². The molecule has 2 aromatic carbocycles. The minimum absolute atomic E-state index is 0.383. The van der Waals surface area contributed by atoms with Crippen molar-refractivity contribution in [2.45, 2.75) is 5.60 Å². The van der Waals surface area contributed by atoms with Crippen molar-refractivity contribution in [1.29, 1.82) is 0 Å². The smallest absolute Gasteiger partial charge is 0.217 e. The van der Waals surface area contributed by atoms with Crippen molar-refractivity contribution >= 4 is 21.8 Å². The maximum atomic E-state index is 6.17. The molecule has 2 aromatic rings. The summed E-state index contributed by atoms with van der Waals surface area (Å²) in [5.74, 6) is 0.726. The Kier molecular flexibility index (Phi) is 3.38. The standard InChI is InChI=1S/C16H14BrNO/c17-11-16(14-9-5-2-6-10-14)12-18-15(19-16)13-7-3-1-4-8-13/h1-10H,11-12H2/t16-/m0/s1. The number of nitrogens with zero attached hydrogens (tertiary/aromatic N) is 1. The molecule has 1 aliphatic heterocycles. The fourth-order valence-electron chi connectivity index (χ4n) is 2.22. The van der Waals surface area contributed by atoms with E-state index >= 15 is 0 Å². The third-order valence-electron chi connectivity index (χ3n) is 3.31. The van der Waals surface area contributed by atoms with Gasteiger partial charge in [-0.2, -0.15) is 0 Å². The monoisotopic (exact) mass is 315 g/mol. The third-order valence-corrected chi connectivity index (χ3v) is 4.21. The van der Waals surface area contributed by atoms with E-state index in [9.17, 15) is 0 Å². The van der Waals surface area contributed by atoms with Crippen LogP contribution in [0.25, 0.3) is 0 Å². The van der Waals surface area contributed by atoms with Gasteiger partial charge in [-0.1, -0.05) is 64.5 Å². The van der Waals surface area contributed by atoms with E-state index in [1.54, 1.807) is 0 Å². The quantitative estimate of drug-likeness (QED) is 0.790. The van der Waals surface area contributed by atoms with Gasteiger partial charge in [0.15, 0.2) is 5.60 Å². The number of alkyl halides is 1. The molecule has 1 heterocycles. The Morgan fingerprint density at radius 1 is 1.00 bits per heavy atom. The molecule has 0 amide bonds. The summed E-state index contributed by atoms with van der Waals surface area (Å²) in [6.45, 7) is 0.645. The molecule has 96 valence electrons. The van der Waals surface area contributed by atoms with Crippen LogP contribution in [0.4, 0.5) is 0 Å². The second kappa shape index (κ2) is 5.17. The van der Waals surface area contributed by atoms with E-state index in [2.05, 4.69) is 33.1 Å². The van der Waals surface area contributed by atoms with E-state index in [-0.39, 0.29) is 5.60 Å². The highest BCUT2D eigenvalue weighted by atomic mass is 79.9. The van der Waals surface area contributed by atoms with Gasteiger partial charge in [0.25, 0.3) is 0 Å². The Balaban J connectivity index is 1.90. The van der Waals surface area contributed by atoms with E-state index in [4.69, 9.17) is 4.74 Å². The van der Waals surface area contributed by atoms with Crippen LogP contribution in [0.5, 0.6) is 0 Å². The van der Waals surface area contributed by atoms with Crippen LogP contribution >= 0.6 is 15.9 Å². The SMILES string of the molecule is BrC[C@@]1(c2ccccc2)CN=C(c2ccccc2)O1. The van der Waals surface area contributed by atoms with Crippen molar-refractivity contribution in [2.75, 3.05) is 11.9 Å². The summed E-state index contributed by atoms with van der Waals surface area (Å²) in [6.07, 6.45) is 0. The summed E-state index contributed by atoms with van der Waals surface area (Å²) in [6, 6.07) is 20.3. The average molecular weight is 316 g/mol. The average Bonchev–Trinajstić information content (AvgIpc) is 2.95. The summed E-state index contributed by atoms with van der Waals surface area (Å²) in [4.78, 5) is 4.57. The maximum Gasteiger partial charge on any atom is 0.217 e. The van der Waals surface area contributed by atoms with Crippen LogP contribution in [0.2, 0.25) is 0 Å². The van der Waals surface area contributed by atoms with Crippen LogP contribution < -0.4 is 0 Å². The molecular weight excluding hydrogens is 302 g/mol. The Morgan fingerprint density at radius 3 is 2.26 bits per heavy atom. The lowest BCUT2D eigenvalue weighted by molar-refractivity contribution is 0.115. The first-order chi connectivity index (χ1) is 9.34. The van der Waals surface area contributed by atoms with Gasteiger partial charge >= 0.3 is 0 Å². The summed E-state index contributed by atoms with van der Waals surface area (Å²) >= 11 is 3.57. The zero-order valence-electron chi connectivity index (χ0n) is 10.4. The van der Waals surface area contributed by atoms with Gasteiger partial charge in [0.05, 0.1) is 6.54 Å². The van der Waals surface area contributed by atoms with Crippen LogP contribution in [0.3, 0.4) is 0 Å². The number of hydrogen-bond donors (Lipinski definition) is 0. The number of hydrogen-bond acceptors (Lipinski definition) is 2. The minimum Gasteiger partial charge on any atom is -0.463 e. The molecule has 3 heteroatoms. The molecule has 0 radical (unpaired) electrons. The van der Waals surface area contributed by atoms with Gasteiger partial charge < -0.3 is 4.74 Å². The molecule has 1 atom stereocenters. The molecule has 1 aliphatic rings. The molecule has 0 aliphatic carbocycles. The molecule has 0 fully saturated rings. The van der Waals surface area contributed by atoms with Gasteiger partial charge in [-0.25, -0.2) is 4.99 Å². The Hall–Kier alpha value is -1.61. The number of aliphatic imine (C=N–C) groups is 1. The van der Waals surface area contributed by atoms with Crippen LogP contribution in [0.1, 0.15) is 11.1 Å². The Morgan fingerprint density at radius 2 is 1.63 bits per heavy atom. The van der Waals surface area contributed by atoms with Crippen LogP contribution in [0.15, 0.2) is 65.7 Å². The molecular formula is C16H14BrNO. The fourth-order valence-corrected chi connectivity index (χ4v) is 2.83. The molecule has 0 bridgehead atoms. The first kappa shape index (κ1) is 12.4. The van der Waals surface area contributed by atoms with E-state index in [0.29, 0.717) is 6.54 Å². The predicted octanol–water partition coefficient (Wildman–Crippen LogP) is 3.75. The maximum absolute atomic E-state index is 6.17. The number of halogens is 1. The molecule has 0 unspecified atom stereocenters. The van der Waals surface area contributed by atoms with Crippen LogP contribution in [-0.2, 0) is 10.3 Å². The Labute approximate surface area is 121 Å². The highest BCUT2D eigenvalue weighted by Crippen LogP contribution is 2.34. The first-order valence-electron chi connectivity index (χ1n) is 6.24. The molecule has 0 saturated carbocycles. The van der Waals surface area contributed by atoms with Gasteiger partial charge in [-0.15, -0.1) is 0 Å². The van der Waals surface area contributed by atoms with Crippen molar-refractivity contribution in [3.05, 3.63) is 71.8 Å². The van der Waals surface area contributed by atoms with E-state index in [0.717, 1.165) is 22.4 Å². The molecule has 0 saturated heterocycles. The van der Waals surface area contributed by atoms with Gasteiger partial charge in [0, 0.05) is 10.9 Å². The van der Waals surface area contributed by atoms with Crippen molar-refractivity contribution in [1.82, 2.24) is 0 Å². The lowest BCUT2D eigenvalue weighted by atomic mass is 9.96. The lowest BCUT2D eigenvalue weighted by Gasteiger charge is -2.26. The van der Waals surface area contributed by atoms with Crippen LogP contribution in [-0.4, -0.2) is 17.8 Å². The van der Waals surface area contributed by atoms with E-state index in [1.165, 1.54) is 0 Å². The highest BCUT2D eigenvalue weighted by Gasteiger charge is 2.39. The van der Waals surface area contributed by atoms with Crippen molar-refractivity contribution in [3.8, 4) is 0 Å². The molecule has 0 aromatic heterocycles. The summed E-state index contributed by atoms with van der Waals surface area (Å²) in [7, 11) is 0. The Bertz CT molecular complexity index is 582. The first-order valence-corrected chi connectivity index (χ1v) is 7.37. The second-order valence-electron chi connectivity index (χ2n) is 4.58. The molecule has 3 rings (SSSR count). The third kappa shape index (κ3) is 2.30. The van der Waals surface area contributed by atoms with Gasteiger partial charge in [-0.3, -0.25) is 0 Å². The molecule has 19 heavy (non-hydrogen) atoms. The van der Waals surface area contributed by atoms with Crippen molar-refractivity contribution < 1.29 is 4.74 Å². The van der Waals surface area contributed by atoms with Gasteiger partial charge in [-0.05, 0) is 17.7 Å². The summed E-state index contributed by atoms with van der Waals surface area (Å²) in [5.41, 5.74) is 1.80. The molecule has 0 N–H and O–H groups in total. The highest BCUT2D eigenvalue weighted by molar-refractivity contribution is 9.09. The number of benzene rings is 2. The van der Waals surface area contributed by atoms with E-state index < -0.39 is 0 Å². The number of rotatable bonds is 3. The fraction of sp³-hybridized carbons (Fsp3) is 0.188. The second-order valence-corrected chi connectivity index (χ2v) is 5.14. The molecule has 2 nitrogen and oxygen atoms in total. The predicted molar refractivity (Wildman–Crippen MR) is 80.8 cm³/mol. The number of ether oxygens (including phenoxy) is 1. The van der Waals surface area contributed by atoms with Crippen molar-refractivity contribution in [2.24, 2.45) is 4.99 Å². The zero-order chi connectivity index (χ0) is 13.1. The summed E-state index contributed by atoms with van der Waals surface area (Å²) in [5, 5.41) is 0.726. The van der Waals surface area contributed by atoms with E-state index in [1.807, 2.05) is 48.5 Å². The summed E-state index contributed by atoms with van der Waals surface area (Å²) < 4.78 is 6.17. The molecule has 0 spiro atoms. The normalized spacial score (nSPS) is 21.8. The lowest BCUT2D eigenvalue weighted by Crippen LogP contribution is -2.32. The van der Waals surface area contributed by atoms with Crippen molar-refractivity contribution in [3.63, 3.8) is 0 Å². The largest absolute Gasteiger partial charge is 0.463 e. The van der Waals surface area contributed by atoms with Gasteiger partial charge in [0.2, 0.25) is 5.90 Å².